The first-order chi connectivity index (χ1) is 3.06. The van der Waals surface area contributed by atoms with Gasteiger partial charge in [-0.15, -0.1) is 4.78 Å². The number of hydrogen-bond donors (Lipinski definition) is 0. The van der Waals surface area contributed by atoms with Gasteiger partial charge in [0.1, 0.15) is 8.24 Å². The molecule has 0 saturated heterocycles. The number of rotatable bonds is 1. The van der Waals surface area contributed by atoms with E-state index < -0.39 is 8.24 Å². The van der Waals surface area contributed by atoms with Crippen LogP contribution in [0.2, 0.25) is 19.6 Å². The van der Waals surface area contributed by atoms with Gasteiger partial charge in [0.05, 0.1) is 0 Å². The predicted octanol–water partition coefficient (Wildman–Crippen LogP) is 1.77. The van der Waals surface area contributed by atoms with Crippen LogP contribution in [0.3, 0.4) is 0 Å². The van der Waals surface area contributed by atoms with Gasteiger partial charge in [0.2, 0.25) is 0 Å². The van der Waals surface area contributed by atoms with Crippen LogP contribution in [0.1, 0.15) is 0 Å². The minimum absolute atomic E-state index is 0. The van der Waals surface area contributed by atoms with Crippen LogP contribution in [0, 0.1) is 0 Å². The molecule has 0 N–H and O–H groups in total. The molecule has 0 fully saturated rings. The van der Waals surface area contributed by atoms with Gasteiger partial charge in [-0.1, -0.05) is 19.6 Å². The van der Waals surface area contributed by atoms with Gasteiger partial charge < -0.3 is 16.4 Å². The van der Waals surface area contributed by atoms with Crippen LogP contribution in [-0.4, -0.2) is 8.24 Å². The second-order valence-corrected chi connectivity index (χ2v) is 6.90. The van der Waals surface area contributed by atoms with E-state index in [9.17, 15) is 0 Å². The van der Waals surface area contributed by atoms with Gasteiger partial charge >= 0.3 is 17.4 Å². The van der Waals surface area contributed by atoms with E-state index in [1.54, 1.807) is 0 Å². The van der Waals surface area contributed by atoms with Crippen molar-refractivity contribution in [3.8, 4) is 0 Å². The van der Waals surface area contributed by atoms with Gasteiger partial charge in [0.15, 0.2) is 0 Å². The molecule has 6 nitrogen and oxygen atoms in total. The topological polar surface area (TPSA) is 134 Å². The zero-order chi connectivity index (χ0) is 5.91. The largest absolute Gasteiger partial charge is 6.00 e. The summed E-state index contributed by atoms with van der Waals surface area (Å²) in [6, 6.07) is 0. The maximum Gasteiger partial charge on any atom is 6.00 e. The Bertz CT molecular complexity index is 111. The summed E-state index contributed by atoms with van der Waals surface area (Å²) in [6.45, 7) is 5.98. The molecule has 8 heteroatoms. The first kappa shape index (κ1) is 30.6. The van der Waals surface area contributed by atoms with Crippen molar-refractivity contribution < 1.29 is 33.8 Å². The first-order valence-electron chi connectivity index (χ1n) is 2.12. The molecule has 64 valence electrons. The molecule has 0 atom stereocenters. The van der Waals surface area contributed by atoms with Crippen LogP contribution >= 0.6 is 0 Å². The van der Waals surface area contributed by atoms with Crippen molar-refractivity contribution in [3.63, 3.8) is 0 Å². The number of azide groups is 1. The monoisotopic (exact) mass is 215 g/mol. The molecule has 0 aliphatic rings. The summed E-state index contributed by atoms with van der Waals surface area (Å²) in [5, 5.41) is 0. The van der Waals surface area contributed by atoms with Gasteiger partial charge in [0, 0.05) is 0 Å². The standard InChI is InChI=1S/C3H9N3Si.Cr.3O/c1-7(2,3)6-5-4;;;;/h1-3H3;;;;/q;+6;3*-2. The summed E-state index contributed by atoms with van der Waals surface area (Å²) in [7, 11) is -1.45. The maximum atomic E-state index is 7.89. The minimum Gasteiger partial charge on any atom is -2.00 e. The quantitative estimate of drug-likeness (QED) is 0.272. The van der Waals surface area contributed by atoms with Crippen LogP contribution in [0.5, 0.6) is 0 Å². The molecular weight excluding hydrogens is 206 g/mol. The summed E-state index contributed by atoms with van der Waals surface area (Å²) < 4.78 is 3.58. The Morgan fingerprint density at radius 1 is 1.09 bits per heavy atom. The van der Waals surface area contributed by atoms with Crippen molar-refractivity contribution in [2.45, 2.75) is 19.6 Å². The zero-order valence-corrected chi connectivity index (χ0v) is 8.75. The Morgan fingerprint density at radius 2 is 1.36 bits per heavy atom. The minimum atomic E-state index is -1.45. The Kier molecular flexibility index (Phi) is 35.1. The van der Waals surface area contributed by atoms with E-state index in [1.165, 1.54) is 0 Å². The van der Waals surface area contributed by atoms with E-state index >= 15 is 0 Å². The molecule has 0 aromatic rings. The fourth-order valence-electron chi connectivity index (χ4n) is 0.134. The summed E-state index contributed by atoms with van der Waals surface area (Å²) in [5.74, 6) is 0. The summed E-state index contributed by atoms with van der Waals surface area (Å²) in [4.78, 5) is 2.69. The molecule has 11 heavy (non-hydrogen) atoms. The molecule has 0 aliphatic carbocycles. The third-order valence-electron chi connectivity index (χ3n) is 0.345. The molecule has 0 rings (SSSR count). The fraction of sp³-hybridized carbons (Fsp3) is 1.00. The van der Waals surface area contributed by atoms with E-state index in [-0.39, 0.29) is 33.8 Å². The molecule has 0 unspecified atom stereocenters. The van der Waals surface area contributed by atoms with Gasteiger partial charge in [-0.05, 0) is 10.4 Å². The molecule has 0 bridgehead atoms. The molecule has 0 aromatic carbocycles. The molecule has 0 aromatic heterocycles. The molecular formula is C3H9CrN3O3Si. The molecule has 0 amide bonds. The Labute approximate surface area is 77.4 Å². The molecule has 0 spiro atoms. The first-order valence-corrected chi connectivity index (χ1v) is 5.57. The van der Waals surface area contributed by atoms with Crippen molar-refractivity contribution in [2.24, 2.45) is 4.78 Å². The van der Waals surface area contributed by atoms with Gasteiger partial charge in [0.25, 0.3) is 0 Å². The maximum absolute atomic E-state index is 7.89. The van der Waals surface area contributed by atoms with Gasteiger partial charge in [-0.2, -0.15) is 0 Å². The molecule has 0 saturated carbocycles. The van der Waals surface area contributed by atoms with Crippen LogP contribution in [0.25, 0.3) is 10.4 Å². The van der Waals surface area contributed by atoms with E-state index in [4.69, 9.17) is 5.53 Å². The van der Waals surface area contributed by atoms with Gasteiger partial charge in [-0.3, -0.25) is 0 Å². The van der Waals surface area contributed by atoms with E-state index in [2.05, 4.69) is 9.69 Å². The predicted molar refractivity (Wildman–Crippen MR) is 34.6 cm³/mol. The number of hydrogen-bond acceptors (Lipinski definition) is 1. The van der Waals surface area contributed by atoms with Crippen LogP contribution in [-0.2, 0) is 33.8 Å². The third-order valence-corrected chi connectivity index (χ3v) is 1.03. The van der Waals surface area contributed by atoms with E-state index in [0.29, 0.717) is 0 Å². The molecule has 0 radical (unpaired) electrons. The van der Waals surface area contributed by atoms with Crippen molar-refractivity contribution in [1.82, 2.24) is 0 Å². The summed E-state index contributed by atoms with van der Waals surface area (Å²) in [6.07, 6.45) is 0. The van der Waals surface area contributed by atoms with Crippen LogP contribution in [0.4, 0.5) is 0 Å². The molecule has 0 heterocycles. The van der Waals surface area contributed by atoms with Crippen LogP contribution < -0.4 is 0 Å². The van der Waals surface area contributed by atoms with E-state index in [0.717, 1.165) is 0 Å². The average Bonchev–Trinajstić information content (AvgIpc) is 1.30. The van der Waals surface area contributed by atoms with Gasteiger partial charge in [-0.25, -0.2) is 0 Å². The van der Waals surface area contributed by atoms with Crippen molar-refractivity contribution in [3.05, 3.63) is 10.4 Å². The molecule has 0 aliphatic heterocycles. The van der Waals surface area contributed by atoms with Crippen molar-refractivity contribution in [1.29, 1.82) is 0 Å². The summed E-state index contributed by atoms with van der Waals surface area (Å²) >= 11 is 0. The summed E-state index contributed by atoms with van der Waals surface area (Å²) in [5.41, 5.74) is 7.89. The Hall–Kier alpha value is -0.0606. The van der Waals surface area contributed by atoms with Crippen molar-refractivity contribution in [2.75, 3.05) is 0 Å². The number of nitrogens with zero attached hydrogens (tertiary/aromatic N) is 3. The SMILES string of the molecule is C[Si](C)(C)N=[N+]=[N-].[Cr+6].[O-2].[O-2].[O-2]. The Balaban J connectivity index is -0.0000000300. The second kappa shape index (κ2) is 12.6. The van der Waals surface area contributed by atoms with E-state index in [1.807, 2.05) is 19.6 Å². The fourth-order valence-corrected chi connectivity index (χ4v) is 0.402. The Morgan fingerprint density at radius 3 is 1.36 bits per heavy atom. The zero-order valence-electron chi connectivity index (χ0n) is 6.47. The second-order valence-electron chi connectivity index (χ2n) is 2.36. The normalized spacial score (nSPS) is 6.45. The van der Waals surface area contributed by atoms with Crippen LogP contribution in [0.15, 0.2) is 4.78 Å². The third kappa shape index (κ3) is 40.4. The van der Waals surface area contributed by atoms with Crippen molar-refractivity contribution >= 4 is 8.24 Å². The average molecular weight is 215 g/mol. The smallest absolute Gasteiger partial charge is 2.00 e.